The first-order valence-electron chi connectivity index (χ1n) is 11.5. The number of carbonyl (C=O) groups excluding carboxylic acids is 1. The maximum atomic E-state index is 13.8. The highest BCUT2D eigenvalue weighted by Gasteiger charge is 2.45. The van der Waals surface area contributed by atoms with Crippen molar-refractivity contribution in [2.24, 2.45) is 0 Å². The molecular formula is C28H22N2O4S. The molecule has 7 heteroatoms. The molecule has 35 heavy (non-hydrogen) atoms. The van der Waals surface area contributed by atoms with E-state index in [1.165, 1.54) is 11.3 Å². The van der Waals surface area contributed by atoms with Crippen LogP contribution >= 0.6 is 11.3 Å². The molecule has 1 unspecified atom stereocenters. The van der Waals surface area contributed by atoms with Crippen molar-refractivity contribution >= 4 is 43.6 Å². The SMILES string of the molecule is CCOc1cccc(C2c3c(oc4ccc(C)cc4c3=O)C(=O)N2c2nc3ccc(C)cc3s2)c1. The average molecular weight is 483 g/mol. The Morgan fingerprint density at radius 3 is 2.66 bits per heavy atom. The van der Waals surface area contributed by atoms with Gasteiger partial charge in [0.25, 0.3) is 5.91 Å². The second-order valence-corrected chi connectivity index (χ2v) is 9.73. The van der Waals surface area contributed by atoms with Crippen molar-refractivity contribution < 1.29 is 13.9 Å². The minimum atomic E-state index is -0.680. The molecule has 0 aliphatic carbocycles. The van der Waals surface area contributed by atoms with Gasteiger partial charge in [-0.3, -0.25) is 14.5 Å². The Kier molecular flexibility index (Phi) is 4.96. The summed E-state index contributed by atoms with van der Waals surface area (Å²) < 4.78 is 12.8. The van der Waals surface area contributed by atoms with Crippen LogP contribution in [-0.2, 0) is 0 Å². The fourth-order valence-corrected chi connectivity index (χ4v) is 5.75. The van der Waals surface area contributed by atoms with Crippen LogP contribution in [0, 0.1) is 13.8 Å². The monoisotopic (exact) mass is 482 g/mol. The standard InChI is InChI=1S/C28H22N2O4S/c1-4-33-18-7-5-6-17(14-18)24-23-25(31)19-12-15(2)9-11-21(19)34-26(23)27(32)30(24)28-29-20-10-8-16(3)13-22(20)35-28/h5-14,24H,4H2,1-3H3. The number of hydrogen-bond donors (Lipinski definition) is 0. The molecule has 1 aliphatic rings. The molecule has 0 N–H and O–H groups in total. The van der Waals surface area contributed by atoms with Crippen molar-refractivity contribution in [2.75, 3.05) is 11.5 Å². The van der Waals surface area contributed by atoms with Crippen molar-refractivity contribution in [3.63, 3.8) is 0 Å². The predicted octanol–water partition coefficient (Wildman–Crippen LogP) is 6.17. The van der Waals surface area contributed by atoms with Gasteiger partial charge >= 0.3 is 0 Å². The third-order valence-corrected chi connectivity index (χ3v) is 7.27. The Balaban J connectivity index is 1.63. The molecule has 0 saturated heterocycles. The molecule has 0 bridgehead atoms. The molecule has 5 aromatic rings. The van der Waals surface area contributed by atoms with Crippen molar-refractivity contribution in [1.29, 1.82) is 0 Å². The lowest BCUT2D eigenvalue weighted by Crippen LogP contribution is -2.29. The first-order valence-corrected chi connectivity index (χ1v) is 12.3. The van der Waals surface area contributed by atoms with Gasteiger partial charge < -0.3 is 9.15 Å². The summed E-state index contributed by atoms with van der Waals surface area (Å²) in [6.45, 7) is 6.37. The Labute approximate surface area is 205 Å². The molecule has 0 fully saturated rings. The molecule has 1 atom stereocenters. The Morgan fingerprint density at radius 2 is 1.83 bits per heavy atom. The lowest BCUT2D eigenvalue weighted by molar-refractivity contribution is 0.0971. The van der Waals surface area contributed by atoms with Crippen LogP contribution in [0.1, 0.15) is 45.8 Å². The molecule has 0 saturated carbocycles. The first-order chi connectivity index (χ1) is 16.9. The molecule has 0 spiro atoms. The molecule has 3 heterocycles. The van der Waals surface area contributed by atoms with Crippen LogP contribution in [0.25, 0.3) is 21.2 Å². The zero-order valence-corrected chi connectivity index (χ0v) is 20.3. The van der Waals surface area contributed by atoms with Gasteiger partial charge in [-0.25, -0.2) is 4.98 Å². The number of rotatable bonds is 4. The number of ether oxygens (including phenoxy) is 1. The van der Waals surface area contributed by atoms with E-state index >= 15 is 0 Å². The van der Waals surface area contributed by atoms with Crippen LogP contribution in [-0.4, -0.2) is 17.5 Å². The van der Waals surface area contributed by atoms with E-state index < -0.39 is 6.04 Å². The second-order valence-electron chi connectivity index (χ2n) is 8.72. The molecular weight excluding hydrogens is 460 g/mol. The minimum Gasteiger partial charge on any atom is -0.494 e. The average Bonchev–Trinajstić information content (AvgIpc) is 3.38. The van der Waals surface area contributed by atoms with E-state index in [9.17, 15) is 9.59 Å². The summed E-state index contributed by atoms with van der Waals surface area (Å²) in [5.41, 5.74) is 4.16. The lowest BCUT2D eigenvalue weighted by atomic mass is 9.98. The summed E-state index contributed by atoms with van der Waals surface area (Å²) in [7, 11) is 0. The van der Waals surface area contributed by atoms with Gasteiger partial charge in [-0.15, -0.1) is 0 Å². The maximum Gasteiger partial charge on any atom is 0.297 e. The molecule has 1 amide bonds. The van der Waals surface area contributed by atoms with Crippen LogP contribution in [0.15, 0.2) is 69.9 Å². The number of thiazole rings is 1. The predicted molar refractivity (Wildman–Crippen MR) is 138 cm³/mol. The molecule has 174 valence electrons. The quantitative estimate of drug-likeness (QED) is 0.306. The smallest absolute Gasteiger partial charge is 0.297 e. The number of hydrogen-bond acceptors (Lipinski definition) is 6. The molecule has 3 aromatic carbocycles. The summed E-state index contributed by atoms with van der Waals surface area (Å²) in [4.78, 5) is 34.0. The van der Waals surface area contributed by atoms with E-state index in [1.807, 2.05) is 69.3 Å². The van der Waals surface area contributed by atoms with Crippen LogP contribution in [0.5, 0.6) is 5.75 Å². The molecule has 1 aliphatic heterocycles. The van der Waals surface area contributed by atoms with Crippen LogP contribution < -0.4 is 15.1 Å². The zero-order chi connectivity index (χ0) is 24.3. The largest absolute Gasteiger partial charge is 0.494 e. The molecule has 6 nitrogen and oxygen atoms in total. The van der Waals surface area contributed by atoms with Gasteiger partial charge in [0.1, 0.15) is 11.3 Å². The Hall–Kier alpha value is -3.97. The second kappa shape index (κ2) is 8.06. The number of benzene rings is 3. The third kappa shape index (κ3) is 3.42. The molecule has 6 rings (SSSR count). The van der Waals surface area contributed by atoms with Gasteiger partial charge in [-0.1, -0.05) is 41.2 Å². The lowest BCUT2D eigenvalue weighted by Gasteiger charge is -2.23. The minimum absolute atomic E-state index is 0.0635. The number of anilines is 1. The van der Waals surface area contributed by atoms with Gasteiger partial charge in [0.15, 0.2) is 10.6 Å². The number of fused-ring (bicyclic) bond motifs is 3. The van der Waals surface area contributed by atoms with E-state index in [2.05, 4.69) is 6.07 Å². The summed E-state index contributed by atoms with van der Waals surface area (Å²) in [5.74, 6) is 0.363. The third-order valence-electron chi connectivity index (χ3n) is 6.25. The highest BCUT2D eigenvalue weighted by molar-refractivity contribution is 7.22. The van der Waals surface area contributed by atoms with Gasteiger partial charge in [0.05, 0.1) is 33.8 Å². The Bertz CT molecular complexity index is 1700. The molecule has 0 radical (unpaired) electrons. The number of aromatic nitrogens is 1. The van der Waals surface area contributed by atoms with E-state index in [0.717, 1.165) is 26.9 Å². The van der Waals surface area contributed by atoms with Crippen LogP contribution in [0.3, 0.4) is 0 Å². The number of nitrogens with zero attached hydrogens (tertiary/aromatic N) is 2. The molecule has 2 aromatic heterocycles. The van der Waals surface area contributed by atoms with Crippen molar-refractivity contribution in [1.82, 2.24) is 4.98 Å². The van der Waals surface area contributed by atoms with Crippen molar-refractivity contribution in [2.45, 2.75) is 26.8 Å². The summed E-state index contributed by atoms with van der Waals surface area (Å²) >= 11 is 1.43. The van der Waals surface area contributed by atoms with E-state index in [4.69, 9.17) is 14.1 Å². The number of amides is 1. The number of aryl methyl sites for hydroxylation is 2. The van der Waals surface area contributed by atoms with Gasteiger partial charge in [-0.2, -0.15) is 0 Å². The normalized spacial score (nSPS) is 15.2. The van der Waals surface area contributed by atoms with E-state index in [1.54, 1.807) is 11.0 Å². The van der Waals surface area contributed by atoms with E-state index in [-0.39, 0.29) is 17.1 Å². The number of carbonyl (C=O) groups is 1. The van der Waals surface area contributed by atoms with Crippen LogP contribution in [0.2, 0.25) is 0 Å². The van der Waals surface area contributed by atoms with Crippen LogP contribution in [0.4, 0.5) is 5.13 Å². The highest BCUT2D eigenvalue weighted by atomic mass is 32.1. The van der Waals surface area contributed by atoms with E-state index in [0.29, 0.717) is 34.0 Å². The fourth-order valence-electron chi connectivity index (χ4n) is 4.66. The van der Waals surface area contributed by atoms with Gasteiger partial charge in [0.2, 0.25) is 5.76 Å². The topological polar surface area (TPSA) is 72.6 Å². The highest BCUT2D eigenvalue weighted by Crippen LogP contribution is 2.44. The fraction of sp³-hybridized carbons (Fsp3) is 0.179. The maximum absolute atomic E-state index is 13.8. The Morgan fingerprint density at radius 1 is 1.03 bits per heavy atom. The summed E-state index contributed by atoms with van der Waals surface area (Å²) in [6, 6.07) is 18.2. The van der Waals surface area contributed by atoms with Crippen molar-refractivity contribution in [3.05, 3.63) is 98.9 Å². The van der Waals surface area contributed by atoms with Crippen molar-refractivity contribution in [3.8, 4) is 5.75 Å². The van der Waals surface area contributed by atoms with Gasteiger partial charge in [-0.05, 0) is 68.3 Å². The summed E-state index contributed by atoms with van der Waals surface area (Å²) in [5, 5.41) is 0.984. The first kappa shape index (κ1) is 21.6. The summed E-state index contributed by atoms with van der Waals surface area (Å²) in [6.07, 6.45) is 0. The van der Waals surface area contributed by atoms with Gasteiger partial charge in [0, 0.05) is 0 Å². The zero-order valence-electron chi connectivity index (χ0n) is 19.5.